The first kappa shape index (κ1) is 26.7. The smallest absolute Gasteiger partial charge is 0.293 e. The number of hydrogen-bond donors (Lipinski definition) is 0. The molecule has 0 radical (unpaired) electrons. The Bertz CT molecular complexity index is 1590. The van der Waals surface area contributed by atoms with Gasteiger partial charge in [0.15, 0.2) is 17.3 Å². The zero-order valence-electron chi connectivity index (χ0n) is 21.1. The highest BCUT2D eigenvalue weighted by Gasteiger charge is 2.36. The van der Waals surface area contributed by atoms with Gasteiger partial charge >= 0.3 is 0 Å². The van der Waals surface area contributed by atoms with Crippen LogP contribution >= 0.6 is 27.7 Å². The van der Waals surface area contributed by atoms with E-state index in [0.29, 0.717) is 35.8 Å². The Hall–Kier alpha value is -3.88. The van der Waals surface area contributed by atoms with Gasteiger partial charge in [0.25, 0.3) is 11.1 Å². The summed E-state index contributed by atoms with van der Waals surface area (Å²) in [5, 5.41) is 1.80. The fourth-order valence-electron chi connectivity index (χ4n) is 4.23. The molecule has 1 aliphatic rings. The summed E-state index contributed by atoms with van der Waals surface area (Å²) in [6, 6.07) is 26.4. The molecule has 1 saturated heterocycles. The molecular formula is C31H24BrNO5S. The summed E-state index contributed by atoms with van der Waals surface area (Å²) in [6.45, 7) is 2.37. The predicted octanol–water partition coefficient (Wildman–Crippen LogP) is 7.50. The van der Waals surface area contributed by atoms with Crippen molar-refractivity contribution in [3.05, 3.63) is 111 Å². The van der Waals surface area contributed by atoms with Crippen molar-refractivity contribution in [1.82, 2.24) is 4.90 Å². The Labute approximate surface area is 238 Å². The van der Waals surface area contributed by atoms with E-state index in [1.54, 1.807) is 42.5 Å². The molecule has 4 aromatic rings. The first-order valence-electron chi connectivity index (χ1n) is 12.3. The zero-order valence-corrected chi connectivity index (χ0v) is 23.5. The molecule has 0 atom stereocenters. The van der Waals surface area contributed by atoms with E-state index in [9.17, 15) is 14.4 Å². The first-order valence-corrected chi connectivity index (χ1v) is 13.9. The van der Waals surface area contributed by atoms with Crippen LogP contribution in [0.2, 0.25) is 0 Å². The van der Waals surface area contributed by atoms with Gasteiger partial charge in [0, 0.05) is 10.0 Å². The van der Waals surface area contributed by atoms with E-state index in [4.69, 9.17) is 9.47 Å². The lowest BCUT2D eigenvalue weighted by Crippen LogP contribution is -2.33. The normalized spacial score (nSPS) is 14.3. The van der Waals surface area contributed by atoms with E-state index in [2.05, 4.69) is 34.1 Å². The number of benzene rings is 4. The maximum absolute atomic E-state index is 13.0. The molecule has 0 unspecified atom stereocenters. The topological polar surface area (TPSA) is 72.9 Å². The minimum absolute atomic E-state index is 0.246. The molecule has 2 amide bonds. The maximum atomic E-state index is 13.0. The van der Waals surface area contributed by atoms with Crippen LogP contribution in [0.15, 0.2) is 94.3 Å². The number of imide groups is 1. The molecule has 5 rings (SSSR count). The van der Waals surface area contributed by atoms with Gasteiger partial charge in [-0.2, -0.15) is 0 Å². The predicted molar refractivity (Wildman–Crippen MR) is 157 cm³/mol. The average molecular weight is 603 g/mol. The second kappa shape index (κ2) is 11.9. The van der Waals surface area contributed by atoms with Crippen LogP contribution in [0.1, 0.15) is 28.4 Å². The second-order valence-corrected chi connectivity index (χ2v) is 10.7. The van der Waals surface area contributed by atoms with Crippen LogP contribution in [0, 0.1) is 0 Å². The van der Waals surface area contributed by atoms with Crippen molar-refractivity contribution in [3.63, 3.8) is 0 Å². The maximum Gasteiger partial charge on any atom is 0.293 e. The van der Waals surface area contributed by atoms with Gasteiger partial charge < -0.3 is 9.47 Å². The summed E-state index contributed by atoms with van der Waals surface area (Å²) in [4.78, 5) is 39.4. The van der Waals surface area contributed by atoms with Crippen molar-refractivity contribution >= 4 is 61.5 Å². The molecule has 1 aliphatic heterocycles. The SMILES string of the molecule is CCOc1cc(/C=C2/SC(=O)N(CC(=O)c3ccc(Br)cc3)C2=O)ccc1OCc1cccc2ccccc12. The largest absolute Gasteiger partial charge is 0.490 e. The summed E-state index contributed by atoms with van der Waals surface area (Å²) < 4.78 is 12.8. The lowest BCUT2D eigenvalue weighted by Gasteiger charge is -2.14. The molecule has 1 heterocycles. The van der Waals surface area contributed by atoms with E-state index in [-0.39, 0.29) is 17.2 Å². The number of ketones is 1. The van der Waals surface area contributed by atoms with Crippen molar-refractivity contribution in [1.29, 1.82) is 0 Å². The Morgan fingerprint density at radius 3 is 2.49 bits per heavy atom. The lowest BCUT2D eigenvalue weighted by atomic mass is 10.1. The Morgan fingerprint density at radius 1 is 0.923 bits per heavy atom. The van der Waals surface area contributed by atoms with Crippen molar-refractivity contribution in [3.8, 4) is 11.5 Å². The monoisotopic (exact) mass is 601 g/mol. The van der Waals surface area contributed by atoms with E-state index in [0.717, 1.165) is 37.5 Å². The third kappa shape index (κ3) is 6.08. The van der Waals surface area contributed by atoms with Crippen molar-refractivity contribution in [2.45, 2.75) is 13.5 Å². The molecule has 0 aromatic heterocycles. The molecule has 0 spiro atoms. The van der Waals surface area contributed by atoms with Crippen molar-refractivity contribution in [2.24, 2.45) is 0 Å². The number of fused-ring (bicyclic) bond motifs is 1. The van der Waals surface area contributed by atoms with Crippen LogP contribution in [0.5, 0.6) is 11.5 Å². The minimum atomic E-state index is -0.496. The Kier molecular flexibility index (Phi) is 8.14. The minimum Gasteiger partial charge on any atom is -0.490 e. The number of amides is 2. The molecule has 8 heteroatoms. The summed E-state index contributed by atoms with van der Waals surface area (Å²) in [5.74, 6) is 0.313. The van der Waals surface area contributed by atoms with Gasteiger partial charge in [0.05, 0.1) is 18.1 Å². The number of hydrogen-bond acceptors (Lipinski definition) is 6. The fourth-order valence-corrected chi connectivity index (χ4v) is 5.34. The van der Waals surface area contributed by atoms with Gasteiger partial charge in [-0.15, -0.1) is 0 Å². The number of thioether (sulfide) groups is 1. The summed E-state index contributed by atoms with van der Waals surface area (Å²) in [5.41, 5.74) is 2.17. The molecule has 0 saturated carbocycles. The number of halogens is 1. The van der Waals surface area contributed by atoms with Crippen molar-refractivity contribution in [2.75, 3.05) is 13.2 Å². The Morgan fingerprint density at radius 2 is 1.69 bits per heavy atom. The van der Waals surface area contributed by atoms with Crippen LogP contribution in [0.3, 0.4) is 0 Å². The molecule has 39 heavy (non-hydrogen) atoms. The van der Waals surface area contributed by atoms with Gasteiger partial charge in [-0.25, -0.2) is 0 Å². The number of ether oxygens (including phenoxy) is 2. The molecule has 0 N–H and O–H groups in total. The van der Waals surface area contributed by atoms with E-state index in [1.165, 1.54) is 0 Å². The fraction of sp³-hybridized carbons (Fsp3) is 0.129. The number of rotatable bonds is 9. The highest BCUT2D eigenvalue weighted by Crippen LogP contribution is 2.35. The number of carbonyl (C=O) groups is 3. The second-order valence-electron chi connectivity index (χ2n) is 8.76. The van der Waals surface area contributed by atoms with Crippen LogP contribution < -0.4 is 9.47 Å². The van der Waals surface area contributed by atoms with Crippen LogP contribution in [-0.4, -0.2) is 35.0 Å². The van der Waals surface area contributed by atoms with E-state index in [1.807, 2.05) is 37.3 Å². The highest BCUT2D eigenvalue weighted by molar-refractivity contribution is 9.10. The van der Waals surface area contributed by atoms with Gasteiger partial charge in [-0.05, 0) is 70.9 Å². The highest BCUT2D eigenvalue weighted by atomic mass is 79.9. The van der Waals surface area contributed by atoms with Gasteiger partial charge in [-0.1, -0.05) is 76.6 Å². The van der Waals surface area contributed by atoms with Gasteiger partial charge in [-0.3, -0.25) is 19.3 Å². The van der Waals surface area contributed by atoms with E-state index >= 15 is 0 Å². The van der Waals surface area contributed by atoms with E-state index < -0.39 is 11.1 Å². The Balaban J connectivity index is 1.32. The first-order chi connectivity index (χ1) is 18.9. The average Bonchev–Trinajstić information content (AvgIpc) is 3.20. The quantitative estimate of drug-likeness (QED) is 0.146. The van der Waals surface area contributed by atoms with Gasteiger partial charge in [0.1, 0.15) is 6.61 Å². The number of carbonyl (C=O) groups excluding carboxylic acids is 3. The van der Waals surface area contributed by atoms with Crippen molar-refractivity contribution < 1.29 is 23.9 Å². The van der Waals surface area contributed by atoms with Gasteiger partial charge in [0.2, 0.25) is 0 Å². The third-order valence-corrected chi connectivity index (χ3v) is 7.61. The standard InChI is InChI=1S/C31H24BrNO5S/c1-2-37-28-16-20(10-15-27(28)38-19-23-8-5-7-21-6-3-4-9-25(21)23)17-29-30(35)33(31(36)39-29)18-26(34)22-11-13-24(32)14-12-22/h3-17H,2,18-19H2,1H3/b29-17+. The third-order valence-electron chi connectivity index (χ3n) is 6.17. The summed E-state index contributed by atoms with van der Waals surface area (Å²) >= 11 is 4.15. The molecule has 0 bridgehead atoms. The zero-order chi connectivity index (χ0) is 27.4. The molecule has 1 fully saturated rings. The van der Waals surface area contributed by atoms with Crippen LogP contribution in [0.4, 0.5) is 4.79 Å². The van der Waals surface area contributed by atoms with Crippen LogP contribution in [-0.2, 0) is 11.4 Å². The molecule has 0 aliphatic carbocycles. The van der Waals surface area contributed by atoms with Crippen LogP contribution in [0.25, 0.3) is 16.8 Å². The number of nitrogens with zero attached hydrogens (tertiary/aromatic N) is 1. The molecule has 6 nitrogen and oxygen atoms in total. The lowest BCUT2D eigenvalue weighted by molar-refractivity contribution is -0.122. The number of Topliss-reactive ketones (excluding diaryl/α,β-unsaturated/α-hetero) is 1. The molecule has 196 valence electrons. The molecular weight excluding hydrogens is 578 g/mol. The summed E-state index contributed by atoms with van der Waals surface area (Å²) in [7, 11) is 0. The molecule has 4 aromatic carbocycles. The summed E-state index contributed by atoms with van der Waals surface area (Å²) in [6.07, 6.45) is 1.63.